The Bertz CT molecular complexity index is 715. The van der Waals surface area contributed by atoms with Gasteiger partial charge in [0.25, 0.3) is 0 Å². The van der Waals surface area contributed by atoms with Gasteiger partial charge in [0.15, 0.2) is 0 Å². The monoisotopic (exact) mass is 383 g/mol. The predicted octanol–water partition coefficient (Wildman–Crippen LogP) is 2.24. The third kappa shape index (κ3) is 5.27. The number of aliphatic imine (C=N–C) groups is 2. The van der Waals surface area contributed by atoms with E-state index < -0.39 is 0 Å². The fraction of sp³-hybridized carbons (Fsp3) is 0.476. The van der Waals surface area contributed by atoms with E-state index >= 15 is 0 Å². The molecule has 0 saturated carbocycles. The van der Waals surface area contributed by atoms with E-state index in [0.717, 1.165) is 62.7 Å². The van der Waals surface area contributed by atoms with Crippen LogP contribution in [-0.2, 0) is 9.53 Å². The lowest BCUT2D eigenvalue weighted by atomic mass is 9.95. The zero-order valence-corrected chi connectivity index (χ0v) is 16.4. The molecule has 2 N–H and O–H groups in total. The Balaban J connectivity index is 1.51. The van der Waals surface area contributed by atoms with Gasteiger partial charge in [-0.2, -0.15) is 0 Å². The summed E-state index contributed by atoms with van der Waals surface area (Å²) in [7, 11) is 1.72. The Morgan fingerprint density at radius 3 is 2.68 bits per heavy atom. The number of allylic oxidation sites excluding steroid dienone is 1. The molecule has 2 aliphatic rings. The fourth-order valence-electron chi connectivity index (χ4n) is 3.58. The number of hydrogen-bond acceptors (Lipinski definition) is 6. The Hall–Kier alpha value is -2.51. The van der Waals surface area contributed by atoms with Crippen molar-refractivity contribution in [2.75, 3.05) is 45.2 Å². The van der Waals surface area contributed by atoms with Crippen LogP contribution < -0.4 is 10.6 Å². The van der Waals surface area contributed by atoms with Crippen LogP contribution >= 0.6 is 0 Å². The topological polar surface area (TPSA) is 78.3 Å². The Morgan fingerprint density at radius 1 is 1.32 bits per heavy atom. The van der Waals surface area contributed by atoms with Crippen LogP contribution in [0.4, 0.5) is 5.69 Å². The lowest BCUT2D eigenvalue weighted by Gasteiger charge is -2.32. The van der Waals surface area contributed by atoms with E-state index in [0.29, 0.717) is 0 Å². The highest BCUT2D eigenvalue weighted by Gasteiger charge is 2.26. The van der Waals surface area contributed by atoms with Crippen molar-refractivity contribution >= 4 is 24.5 Å². The summed E-state index contributed by atoms with van der Waals surface area (Å²) >= 11 is 0. The van der Waals surface area contributed by atoms with Crippen LogP contribution in [0.5, 0.6) is 0 Å². The number of morpholine rings is 1. The molecule has 2 aliphatic heterocycles. The molecule has 1 unspecified atom stereocenters. The highest BCUT2D eigenvalue weighted by molar-refractivity contribution is 5.92. The predicted molar refractivity (Wildman–Crippen MR) is 113 cm³/mol. The molecule has 2 saturated heterocycles. The summed E-state index contributed by atoms with van der Waals surface area (Å²) in [5, 5.41) is 6.38. The third-order valence-electron chi connectivity index (χ3n) is 5.20. The summed E-state index contributed by atoms with van der Waals surface area (Å²) in [6.07, 6.45) is 5.23. The average molecular weight is 383 g/mol. The van der Waals surface area contributed by atoms with Crippen LogP contribution in [0.3, 0.4) is 0 Å². The molecule has 0 spiro atoms. The molecule has 0 radical (unpaired) electrons. The fourth-order valence-corrected chi connectivity index (χ4v) is 3.58. The Morgan fingerprint density at radius 2 is 2.07 bits per heavy atom. The number of carbonyl (C=O) groups excluding carboxylic acids is 1. The molecular weight excluding hydrogens is 354 g/mol. The average Bonchev–Trinajstić information content (AvgIpc) is 2.76. The summed E-state index contributed by atoms with van der Waals surface area (Å²) in [5.41, 5.74) is 1.96. The van der Waals surface area contributed by atoms with E-state index in [1.165, 1.54) is 0 Å². The molecule has 0 bridgehead atoms. The maximum atomic E-state index is 12.6. The largest absolute Gasteiger partial charge is 0.371 e. The van der Waals surface area contributed by atoms with Crippen LogP contribution in [0.2, 0.25) is 0 Å². The number of carbonyl (C=O) groups is 1. The van der Waals surface area contributed by atoms with Gasteiger partial charge in [-0.3, -0.25) is 9.79 Å². The number of amides is 1. The van der Waals surface area contributed by atoms with E-state index in [2.05, 4.69) is 32.2 Å². The van der Waals surface area contributed by atoms with Crippen molar-refractivity contribution < 1.29 is 9.53 Å². The van der Waals surface area contributed by atoms with Crippen LogP contribution in [0.25, 0.3) is 0 Å². The van der Waals surface area contributed by atoms with Crippen LogP contribution in [0.15, 0.2) is 46.1 Å². The van der Waals surface area contributed by atoms with Crippen molar-refractivity contribution in [2.24, 2.45) is 15.9 Å². The maximum absolute atomic E-state index is 12.6. The summed E-state index contributed by atoms with van der Waals surface area (Å²) in [6.45, 7) is 7.64. The van der Waals surface area contributed by atoms with E-state index in [4.69, 9.17) is 4.74 Å². The zero-order valence-electron chi connectivity index (χ0n) is 16.4. The van der Waals surface area contributed by atoms with Gasteiger partial charge in [0.05, 0.1) is 12.7 Å². The van der Waals surface area contributed by atoms with Crippen molar-refractivity contribution in [1.82, 2.24) is 10.2 Å². The maximum Gasteiger partial charge on any atom is 0.227 e. The second kappa shape index (κ2) is 10.1. The highest BCUT2D eigenvalue weighted by Crippen LogP contribution is 2.24. The number of nitrogens with one attached hydrogen (secondary N) is 2. The van der Waals surface area contributed by atoms with E-state index in [1.807, 2.05) is 30.3 Å². The zero-order chi connectivity index (χ0) is 19.8. The first-order chi connectivity index (χ1) is 13.7. The van der Waals surface area contributed by atoms with Crippen molar-refractivity contribution in [3.63, 3.8) is 0 Å². The molecule has 1 amide bonds. The number of nitrogens with zero attached hydrogens (tertiary/aromatic N) is 3. The van der Waals surface area contributed by atoms with Crippen LogP contribution in [-0.4, -0.2) is 63.6 Å². The third-order valence-corrected chi connectivity index (χ3v) is 5.20. The van der Waals surface area contributed by atoms with Gasteiger partial charge in [-0.1, -0.05) is 12.1 Å². The first-order valence-corrected chi connectivity index (χ1v) is 9.78. The van der Waals surface area contributed by atoms with Gasteiger partial charge in [-0.05, 0) is 43.3 Å². The molecule has 150 valence electrons. The van der Waals surface area contributed by atoms with E-state index in [1.54, 1.807) is 13.3 Å². The normalized spacial score (nSPS) is 21.7. The summed E-state index contributed by atoms with van der Waals surface area (Å²) in [5.74, 6) is 0.891. The summed E-state index contributed by atoms with van der Waals surface area (Å²) in [4.78, 5) is 22.8. The van der Waals surface area contributed by atoms with E-state index in [9.17, 15) is 4.79 Å². The second-order valence-corrected chi connectivity index (χ2v) is 7.03. The number of anilines is 1. The van der Waals surface area contributed by atoms with Crippen molar-refractivity contribution in [1.29, 1.82) is 0 Å². The van der Waals surface area contributed by atoms with Gasteiger partial charge >= 0.3 is 0 Å². The molecule has 0 aliphatic carbocycles. The number of rotatable bonds is 6. The van der Waals surface area contributed by atoms with Gasteiger partial charge < -0.3 is 20.3 Å². The Kier molecular flexibility index (Phi) is 7.33. The van der Waals surface area contributed by atoms with E-state index in [-0.39, 0.29) is 17.9 Å². The summed E-state index contributed by atoms with van der Waals surface area (Å²) < 4.78 is 5.76. The van der Waals surface area contributed by atoms with Crippen molar-refractivity contribution in [3.05, 3.63) is 41.7 Å². The molecule has 1 aromatic rings. The molecule has 1 aromatic carbocycles. The first kappa shape index (κ1) is 20.2. The molecule has 1 atom stereocenters. The molecule has 7 nitrogen and oxygen atoms in total. The first-order valence-electron chi connectivity index (χ1n) is 9.78. The molecule has 0 aromatic heterocycles. The number of benzene rings is 1. The van der Waals surface area contributed by atoms with Gasteiger partial charge in [-0.25, -0.2) is 4.99 Å². The number of hydrogen-bond donors (Lipinski definition) is 2. The molecule has 2 heterocycles. The highest BCUT2D eigenvalue weighted by atomic mass is 16.5. The number of likely N-dealkylation sites (tertiary alicyclic amines) is 1. The standard InChI is InChI=1S/C21H29N5O2/c1-22-10-7-20(23-2)26-12-8-17(9-13-26)21(27)25-18-5-3-16(4-6-18)19-15-24-11-14-28-19/h3-7,10,17,19,24H,2,8-9,11-15H2,1H3,(H,25,27)/b20-7+,22-10?. The number of ether oxygens (including phenoxy) is 1. The van der Waals surface area contributed by atoms with Gasteiger partial charge in [0.2, 0.25) is 5.91 Å². The lowest BCUT2D eigenvalue weighted by Crippen LogP contribution is -2.37. The second-order valence-electron chi connectivity index (χ2n) is 7.03. The van der Waals surface area contributed by atoms with Crippen LogP contribution in [0.1, 0.15) is 24.5 Å². The van der Waals surface area contributed by atoms with Gasteiger partial charge in [0.1, 0.15) is 5.82 Å². The quantitative estimate of drug-likeness (QED) is 0.739. The smallest absolute Gasteiger partial charge is 0.227 e. The van der Waals surface area contributed by atoms with Crippen molar-refractivity contribution in [2.45, 2.75) is 18.9 Å². The lowest BCUT2D eigenvalue weighted by molar-refractivity contribution is -0.121. The van der Waals surface area contributed by atoms with Gasteiger partial charge in [-0.15, -0.1) is 0 Å². The summed E-state index contributed by atoms with van der Waals surface area (Å²) in [6, 6.07) is 7.95. The van der Waals surface area contributed by atoms with Gasteiger partial charge in [0, 0.05) is 51.0 Å². The molecule has 28 heavy (non-hydrogen) atoms. The SMILES string of the molecule is C=N/C(=C\C=NC)N1CCC(C(=O)Nc2ccc(C3CNCCO3)cc2)CC1. The van der Waals surface area contributed by atoms with Crippen molar-refractivity contribution in [3.8, 4) is 0 Å². The molecule has 7 heteroatoms. The minimum atomic E-state index is 0.00714. The minimum Gasteiger partial charge on any atom is -0.371 e. The number of piperidine rings is 1. The molecular formula is C21H29N5O2. The Labute approximate surface area is 166 Å². The minimum absolute atomic E-state index is 0.00714. The molecule has 2 fully saturated rings. The molecule has 3 rings (SSSR count). The van der Waals surface area contributed by atoms with Crippen LogP contribution in [0, 0.1) is 5.92 Å².